The lowest BCUT2D eigenvalue weighted by Gasteiger charge is -2.30. The highest BCUT2D eigenvalue weighted by molar-refractivity contribution is 6.25. The first-order valence-electron chi connectivity index (χ1n) is 20.2. The maximum absolute atomic E-state index is 2.63. The van der Waals surface area contributed by atoms with Crippen molar-refractivity contribution in [2.45, 2.75) is 10.8 Å². The average molecular weight is 718 g/mol. The predicted octanol–water partition coefficient (Wildman–Crippen LogP) is 13.5. The standard InChI is InChI=1S/C56H31N/c1-7-22-44-32(14-1)33-15-2-8-23-45(33)55(44)48-26-11-5-18-36(48)40-28-42-38-20-13-21-39-43-29-41-37-19-6-12-27-49(37)56(46-24-9-3-16-34(46)35-17-4-10-25-47(35)56)51(41)31-53(43)57(54(38)39)52(42)30-50(40)55/h1-31H. The second kappa shape index (κ2) is 9.59. The summed E-state index contributed by atoms with van der Waals surface area (Å²) in [6, 6.07) is 72.1. The van der Waals surface area contributed by atoms with Crippen LogP contribution in [0.2, 0.25) is 0 Å². The lowest BCUT2D eigenvalue weighted by molar-refractivity contribution is 0.794. The van der Waals surface area contributed by atoms with Gasteiger partial charge in [0.25, 0.3) is 0 Å². The van der Waals surface area contributed by atoms with Gasteiger partial charge in [0.2, 0.25) is 0 Å². The Morgan fingerprint density at radius 2 is 0.544 bits per heavy atom. The monoisotopic (exact) mass is 717 g/mol. The molecule has 2 heterocycles. The Kier molecular flexibility index (Phi) is 4.90. The Balaban J connectivity index is 1.11. The molecule has 0 amide bonds. The van der Waals surface area contributed by atoms with Crippen LogP contribution in [0.1, 0.15) is 44.5 Å². The van der Waals surface area contributed by atoms with E-state index in [1.807, 2.05) is 0 Å². The van der Waals surface area contributed by atoms with Crippen LogP contribution in [0.5, 0.6) is 0 Å². The third kappa shape index (κ3) is 3.00. The zero-order chi connectivity index (χ0) is 36.8. The third-order valence-electron chi connectivity index (χ3n) is 14.5. The van der Waals surface area contributed by atoms with E-state index in [9.17, 15) is 0 Å². The molecule has 11 aromatic rings. The second-order valence-corrected chi connectivity index (χ2v) is 16.6. The molecule has 2 aromatic heterocycles. The van der Waals surface area contributed by atoms with Gasteiger partial charge in [-0.15, -0.1) is 0 Å². The topological polar surface area (TPSA) is 4.41 Å². The highest BCUT2D eigenvalue weighted by Crippen LogP contribution is 2.65. The van der Waals surface area contributed by atoms with Crippen molar-refractivity contribution in [2.24, 2.45) is 0 Å². The molecule has 260 valence electrons. The first-order valence-corrected chi connectivity index (χ1v) is 20.2. The van der Waals surface area contributed by atoms with Gasteiger partial charge in [0, 0.05) is 21.5 Å². The highest BCUT2D eigenvalue weighted by Gasteiger charge is 2.53. The van der Waals surface area contributed by atoms with E-state index in [4.69, 9.17) is 0 Å². The number of fused-ring (bicyclic) bond motifs is 26. The van der Waals surface area contributed by atoms with E-state index in [1.165, 1.54) is 127 Å². The summed E-state index contributed by atoms with van der Waals surface area (Å²) < 4.78 is 2.63. The lowest BCUT2D eigenvalue weighted by Crippen LogP contribution is -2.26. The van der Waals surface area contributed by atoms with Crippen molar-refractivity contribution in [3.05, 3.63) is 233 Å². The van der Waals surface area contributed by atoms with Crippen molar-refractivity contribution in [3.8, 4) is 44.5 Å². The number of hydrogen-bond acceptors (Lipinski definition) is 0. The SMILES string of the molecule is c1ccc2c(c1)-c1ccccc1C21c2ccccc2-c2cc3c4cccc5c6cc7c(cc6n(c3cc21)c45)C1(c2ccccc2-c2ccccc21)c1ccccc1-7. The summed E-state index contributed by atoms with van der Waals surface area (Å²) in [4.78, 5) is 0. The summed E-state index contributed by atoms with van der Waals surface area (Å²) in [6.07, 6.45) is 0. The average Bonchev–Trinajstić information content (AvgIpc) is 4.08. The molecule has 1 heteroatoms. The Labute approximate surface area is 329 Å². The Morgan fingerprint density at radius 3 is 0.877 bits per heavy atom. The zero-order valence-electron chi connectivity index (χ0n) is 30.8. The zero-order valence-corrected chi connectivity index (χ0v) is 30.8. The summed E-state index contributed by atoms with van der Waals surface area (Å²) in [5, 5.41) is 5.27. The van der Waals surface area contributed by atoms with Crippen LogP contribution in [0.15, 0.2) is 188 Å². The molecule has 57 heavy (non-hydrogen) atoms. The van der Waals surface area contributed by atoms with Crippen LogP contribution in [-0.2, 0) is 10.8 Å². The number of hydrogen-bond donors (Lipinski definition) is 0. The molecule has 1 nitrogen and oxygen atoms in total. The van der Waals surface area contributed by atoms with Crippen LogP contribution in [0.4, 0.5) is 0 Å². The Morgan fingerprint density at radius 1 is 0.246 bits per heavy atom. The molecule has 0 atom stereocenters. The summed E-state index contributed by atoms with van der Waals surface area (Å²) in [5.74, 6) is 0. The van der Waals surface area contributed by atoms with Gasteiger partial charge >= 0.3 is 0 Å². The minimum Gasteiger partial charge on any atom is -0.308 e. The van der Waals surface area contributed by atoms with Crippen molar-refractivity contribution >= 4 is 38.1 Å². The fraction of sp³-hybridized carbons (Fsp3) is 0.0357. The summed E-state index contributed by atoms with van der Waals surface area (Å²) in [7, 11) is 0. The summed E-state index contributed by atoms with van der Waals surface area (Å²) in [5.41, 5.74) is 24.9. The van der Waals surface area contributed by atoms with E-state index in [-0.39, 0.29) is 0 Å². The second-order valence-electron chi connectivity index (χ2n) is 16.6. The van der Waals surface area contributed by atoms with Crippen molar-refractivity contribution in [3.63, 3.8) is 0 Å². The number of para-hydroxylation sites is 1. The summed E-state index contributed by atoms with van der Waals surface area (Å²) >= 11 is 0. The number of benzene rings is 9. The van der Waals surface area contributed by atoms with Crippen LogP contribution >= 0.6 is 0 Å². The van der Waals surface area contributed by atoms with Crippen molar-refractivity contribution in [1.29, 1.82) is 0 Å². The van der Waals surface area contributed by atoms with Gasteiger partial charge < -0.3 is 4.40 Å². The van der Waals surface area contributed by atoms with Gasteiger partial charge in [-0.05, 0) is 113 Å². The van der Waals surface area contributed by atoms with E-state index in [2.05, 4.69) is 192 Å². The molecule has 0 aliphatic heterocycles. The van der Waals surface area contributed by atoms with E-state index < -0.39 is 10.8 Å². The fourth-order valence-corrected chi connectivity index (χ4v) is 12.6. The molecule has 0 fully saturated rings. The van der Waals surface area contributed by atoms with Gasteiger partial charge in [0.05, 0.1) is 27.4 Å². The molecule has 4 aliphatic carbocycles. The molecular formula is C56H31N. The van der Waals surface area contributed by atoms with Crippen LogP contribution < -0.4 is 0 Å². The lowest BCUT2D eigenvalue weighted by atomic mass is 9.70. The van der Waals surface area contributed by atoms with Crippen molar-refractivity contribution in [1.82, 2.24) is 4.40 Å². The quantitative estimate of drug-likeness (QED) is 0.147. The molecule has 9 aromatic carbocycles. The van der Waals surface area contributed by atoms with Gasteiger partial charge in [-0.2, -0.15) is 0 Å². The van der Waals surface area contributed by atoms with Crippen LogP contribution in [0.25, 0.3) is 82.6 Å². The van der Waals surface area contributed by atoms with Gasteiger partial charge in [0.1, 0.15) is 0 Å². The fourth-order valence-electron chi connectivity index (χ4n) is 12.6. The van der Waals surface area contributed by atoms with Crippen molar-refractivity contribution < 1.29 is 0 Å². The maximum Gasteiger partial charge on any atom is 0.0726 e. The largest absolute Gasteiger partial charge is 0.308 e. The predicted molar refractivity (Wildman–Crippen MR) is 234 cm³/mol. The minimum atomic E-state index is -0.394. The van der Waals surface area contributed by atoms with Crippen molar-refractivity contribution in [2.75, 3.05) is 0 Å². The summed E-state index contributed by atoms with van der Waals surface area (Å²) in [6.45, 7) is 0. The van der Waals surface area contributed by atoms with E-state index in [1.54, 1.807) is 0 Å². The molecule has 0 bridgehead atoms. The Bertz CT molecular complexity index is 3320. The molecule has 0 saturated heterocycles. The minimum absolute atomic E-state index is 0.394. The van der Waals surface area contributed by atoms with Crippen LogP contribution in [0.3, 0.4) is 0 Å². The smallest absolute Gasteiger partial charge is 0.0726 e. The van der Waals surface area contributed by atoms with E-state index >= 15 is 0 Å². The van der Waals surface area contributed by atoms with Gasteiger partial charge in [-0.25, -0.2) is 0 Å². The van der Waals surface area contributed by atoms with Gasteiger partial charge in [-0.3, -0.25) is 0 Å². The van der Waals surface area contributed by atoms with E-state index in [0.29, 0.717) is 0 Å². The van der Waals surface area contributed by atoms with Gasteiger partial charge in [-0.1, -0.05) is 164 Å². The first-order chi connectivity index (χ1) is 28.3. The van der Waals surface area contributed by atoms with Gasteiger partial charge in [0.15, 0.2) is 0 Å². The third-order valence-corrected chi connectivity index (χ3v) is 14.5. The molecular weight excluding hydrogens is 687 g/mol. The maximum atomic E-state index is 2.63. The van der Waals surface area contributed by atoms with Crippen LogP contribution in [0, 0.1) is 0 Å². The molecule has 0 N–H and O–H groups in total. The number of nitrogens with zero attached hydrogens (tertiary/aromatic N) is 1. The molecule has 0 unspecified atom stereocenters. The normalized spacial score (nSPS) is 15.3. The highest BCUT2D eigenvalue weighted by atomic mass is 14.9. The molecule has 4 aliphatic rings. The molecule has 2 spiro atoms. The van der Waals surface area contributed by atoms with Crippen LogP contribution in [-0.4, -0.2) is 4.40 Å². The Hall–Kier alpha value is -7.22. The molecule has 15 rings (SSSR count). The molecule has 0 saturated carbocycles. The number of aromatic nitrogens is 1. The number of rotatable bonds is 0. The van der Waals surface area contributed by atoms with E-state index in [0.717, 1.165) is 0 Å². The molecule has 0 radical (unpaired) electrons. The first kappa shape index (κ1) is 29.1.